The van der Waals surface area contributed by atoms with Gasteiger partial charge in [-0.25, -0.2) is 4.39 Å². The second kappa shape index (κ2) is 5.15. The van der Waals surface area contributed by atoms with E-state index in [9.17, 15) is 9.50 Å². The highest BCUT2D eigenvalue weighted by molar-refractivity contribution is 6.08. The van der Waals surface area contributed by atoms with E-state index in [0.717, 1.165) is 0 Å². The predicted molar refractivity (Wildman–Crippen MR) is 42.3 cm³/mol. The third-order valence-electron chi connectivity index (χ3n) is 1.45. The van der Waals surface area contributed by atoms with Gasteiger partial charge < -0.3 is 14.9 Å². The minimum Gasteiger partial charge on any atom is -0.394 e. The van der Waals surface area contributed by atoms with Crippen molar-refractivity contribution in [2.75, 3.05) is 19.8 Å². The third-order valence-corrected chi connectivity index (χ3v) is 1.45. The minimum absolute atomic E-state index is 0.241. The Hall–Kier alpha value is -0.565. The molecule has 0 aliphatic rings. The lowest BCUT2D eigenvalue weighted by atomic mass is 9.99. The van der Waals surface area contributed by atoms with E-state index in [0.29, 0.717) is 0 Å². The molecule has 0 aliphatic heterocycles. The monoisotopic (exact) mass is 172 g/mol. The molecule has 0 aliphatic carbocycles. The molecule has 0 saturated heterocycles. The van der Waals surface area contributed by atoms with Gasteiger partial charge in [-0.3, -0.25) is 0 Å². The van der Waals surface area contributed by atoms with Gasteiger partial charge in [0.05, 0.1) is 6.61 Å². The molecule has 0 bridgehead atoms. The highest BCUT2D eigenvalue weighted by Gasteiger charge is 2.35. The summed E-state index contributed by atoms with van der Waals surface area (Å²) in [5.41, 5.74) is -2.09. The summed E-state index contributed by atoms with van der Waals surface area (Å²) in [7, 11) is 4.98. The second-order valence-corrected chi connectivity index (χ2v) is 2.21. The Bertz CT molecular complexity index is 171. The number of halogens is 1. The van der Waals surface area contributed by atoms with Crippen LogP contribution in [0.15, 0.2) is 0 Å². The summed E-state index contributed by atoms with van der Waals surface area (Å²) in [6, 6.07) is 0. The molecule has 0 heterocycles. The van der Waals surface area contributed by atoms with E-state index in [4.69, 9.17) is 19.4 Å². The van der Waals surface area contributed by atoms with Crippen molar-refractivity contribution in [3.63, 3.8) is 0 Å². The zero-order valence-electron chi connectivity index (χ0n) is 6.53. The van der Waals surface area contributed by atoms with Crippen molar-refractivity contribution in [2.45, 2.75) is 11.7 Å². The van der Waals surface area contributed by atoms with Gasteiger partial charge in [0.15, 0.2) is 5.60 Å². The van der Waals surface area contributed by atoms with Gasteiger partial charge in [-0.1, -0.05) is 5.92 Å². The first-order valence-electron chi connectivity index (χ1n) is 3.33. The molecule has 0 aromatic carbocycles. The van der Waals surface area contributed by atoms with Gasteiger partial charge in [-0.2, -0.15) is 0 Å². The van der Waals surface area contributed by atoms with E-state index in [2.05, 4.69) is 4.74 Å². The lowest BCUT2D eigenvalue weighted by Crippen LogP contribution is -2.47. The molecule has 0 aromatic rings. The Morgan fingerprint density at radius 3 is 2.58 bits per heavy atom. The number of alkyl halides is 1. The Kier molecular flexibility index (Phi) is 4.90. The van der Waals surface area contributed by atoms with Crippen molar-refractivity contribution in [1.82, 2.24) is 0 Å². The van der Waals surface area contributed by atoms with Gasteiger partial charge in [-0.05, 0) is 0 Å². The Labute approximate surface area is 71.9 Å². The zero-order chi connectivity index (χ0) is 9.61. The largest absolute Gasteiger partial charge is 0.394 e. The molecule has 1 unspecified atom stereocenters. The van der Waals surface area contributed by atoms with Gasteiger partial charge in [0.2, 0.25) is 0 Å². The van der Waals surface area contributed by atoms with Crippen molar-refractivity contribution in [1.29, 1.82) is 0 Å². The highest BCUT2D eigenvalue weighted by Crippen LogP contribution is 2.13. The maximum Gasteiger partial charge on any atom is 0.181 e. The molecule has 66 valence electrons. The van der Waals surface area contributed by atoms with E-state index in [1.807, 2.05) is 0 Å². The molecule has 3 nitrogen and oxygen atoms in total. The number of terminal acetylenes is 1. The second-order valence-electron chi connectivity index (χ2n) is 2.21. The molecule has 0 amide bonds. The quantitative estimate of drug-likeness (QED) is 0.405. The molecule has 12 heavy (non-hydrogen) atoms. The molecule has 2 atom stereocenters. The first kappa shape index (κ1) is 11.4. The summed E-state index contributed by atoms with van der Waals surface area (Å²) in [6.07, 6.45) is 3.67. The average molecular weight is 172 g/mol. The van der Waals surface area contributed by atoms with Crippen LogP contribution in [0.4, 0.5) is 4.39 Å². The Balaban J connectivity index is 4.35. The fourth-order valence-corrected chi connectivity index (χ4v) is 0.675. The van der Waals surface area contributed by atoms with E-state index < -0.39 is 25.0 Å². The van der Waals surface area contributed by atoms with Crippen LogP contribution in [-0.4, -0.2) is 49.6 Å². The van der Waals surface area contributed by atoms with Crippen molar-refractivity contribution in [3.05, 3.63) is 0 Å². The van der Waals surface area contributed by atoms with Crippen LogP contribution in [0.25, 0.3) is 0 Å². The van der Waals surface area contributed by atoms with Crippen LogP contribution in [0.5, 0.6) is 0 Å². The fourth-order valence-electron chi connectivity index (χ4n) is 0.675. The molecule has 0 spiro atoms. The molecule has 0 saturated carbocycles. The number of hydrogen-bond acceptors (Lipinski definition) is 3. The summed E-state index contributed by atoms with van der Waals surface area (Å²) in [5, 5.41) is 17.9. The van der Waals surface area contributed by atoms with Crippen LogP contribution in [0.1, 0.15) is 0 Å². The summed E-state index contributed by atoms with van der Waals surface area (Å²) >= 11 is 0. The SMILES string of the molecule is [B]CO[C@H](CO)C(O)(C#C)CF. The van der Waals surface area contributed by atoms with E-state index in [-0.39, 0.29) is 6.51 Å². The standard InChI is InChI=1S/C7H10BFO3/c1-2-7(11,4-9)6(3-10)12-5-8/h1,6,10-11H,3-5H2/t6-,7?/m1/s1. The smallest absolute Gasteiger partial charge is 0.181 e. The first-order valence-corrected chi connectivity index (χ1v) is 3.33. The summed E-state index contributed by atoms with van der Waals surface area (Å²) in [6.45, 7) is -2.01. The Morgan fingerprint density at radius 2 is 2.33 bits per heavy atom. The van der Waals surface area contributed by atoms with E-state index >= 15 is 0 Å². The maximum atomic E-state index is 12.2. The van der Waals surface area contributed by atoms with E-state index in [1.54, 1.807) is 5.92 Å². The van der Waals surface area contributed by atoms with Crippen molar-refractivity contribution < 1.29 is 19.3 Å². The normalized spacial score (nSPS) is 17.8. The fraction of sp³-hybridized carbons (Fsp3) is 0.714. The topological polar surface area (TPSA) is 49.7 Å². The van der Waals surface area contributed by atoms with Crippen molar-refractivity contribution in [2.24, 2.45) is 0 Å². The summed E-state index contributed by atoms with van der Waals surface area (Å²) in [5.74, 6) is 1.80. The number of aliphatic hydroxyl groups is 2. The predicted octanol–water partition coefficient (Wildman–Crippen LogP) is -1.18. The van der Waals surface area contributed by atoms with Crippen molar-refractivity contribution in [3.8, 4) is 12.3 Å². The molecular formula is C7H10BFO3. The molecule has 2 radical (unpaired) electrons. The van der Waals surface area contributed by atoms with Crippen molar-refractivity contribution >= 4 is 7.85 Å². The van der Waals surface area contributed by atoms with Gasteiger partial charge in [0, 0.05) is 6.51 Å². The lowest BCUT2D eigenvalue weighted by molar-refractivity contribution is -0.0936. The van der Waals surface area contributed by atoms with Crippen LogP contribution >= 0.6 is 0 Å². The van der Waals surface area contributed by atoms with Crippen LogP contribution in [-0.2, 0) is 4.74 Å². The zero-order valence-corrected chi connectivity index (χ0v) is 6.53. The third kappa shape index (κ3) is 2.49. The van der Waals surface area contributed by atoms with Crippen LogP contribution in [0, 0.1) is 12.3 Å². The van der Waals surface area contributed by atoms with Gasteiger partial charge >= 0.3 is 0 Å². The van der Waals surface area contributed by atoms with Crippen LogP contribution < -0.4 is 0 Å². The van der Waals surface area contributed by atoms with Gasteiger partial charge in [0.25, 0.3) is 0 Å². The van der Waals surface area contributed by atoms with Gasteiger partial charge in [0.1, 0.15) is 20.6 Å². The maximum absolute atomic E-state index is 12.2. The van der Waals surface area contributed by atoms with Crippen LogP contribution in [0.2, 0.25) is 0 Å². The number of rotatable bonds is 5. The van der Waals surface area contributed by atoms with Gasteiger partial charge in [-0.15, -0.1) is 6.42 Å². The molecule has 0 fully saturated rings. The molecular weight excluding hydrogens is 162 g/mol. The number of aliphatic hydroxyl groups excluding tert-OH is 1. The molecule has 0 rings (SSSR count). The lowest BCUT2D eigenvalue weighted by Gasteiger charge is -2.27. The molecule has 5 heteroatoms. The van der Waals surface area contributed by atoms with E-state index in [1.165, 1.54) is 0 Å². The molecule has 0 aromatic heterocycles. The molecule has 2 N–H and O–H groups in total. The minimum atomic E-state index is -2.09. The first-order chi connectivity index (χ1) is 5.64. The number of ether oxygens (including phenoxy) is 1. The average Bonchev–Trinajstić information content (AvgIpc) is 2.13. The highest BCUT2D eigenvalue weighted by atomic mass is 19.1. The number of hydrogen-bond donors (Lipinski definition) is 2. The van der Waals surface area contributed by atoms with Crippen LogP contribution in [0.3, 0.4) is 0 Å². The summed E-state index contributed by atoms with van der Waals surface area (Å²) in [4.78, 5) is 0. The summed E-state index contributed by atoms with van der Waals surface area (Å²) < 4.78 is 16.8. The Morgan fingerprint density at radius 1 is 1.75 bits per heavy atom.